The summed E-state index contributed by atoms with van der Waals surface area (Å²) in [7, 11) is 0. The van der Waals surface area contributed by atoms with Crippen LogP contribution in [0.2, 0.25) is 0 Å². The predicted molar refractivity (Wildman–Crippen MR) is 48.0 cm³/mol. The molecule has 0 amide bonds. The lowest BCUT2D eigenvalue weighted by atomic mass is 9.68. The minimum atomic E-state index is -0.639. The first-order chi connectivity index (χ1) is 5.56. The largest absolute Gasteiger partial charge is 0.481 e. The van der Waals surface area contributed by atoms with E-state index < -0.39 is 5.97 Å². The molecular formula is C10H18O2. The molecule has 1 N–H and O–H groups in total. The van der Waals surface area contributed by atoms with Crippen LogP contribution in [-0.4, -0.2) is 11.1 Å². The van der Waals surface area contributed by atoms with E-state index in [1.165, 1.54) is 19.3 Å². The molecule has 1 atom stereocenters. The number of hydrogen-bond acceptors (Lipinski definition) is 1. The monoisotopic (exact) mass is 170 g/mol. The van der Waals surface area contributed by atoms with Gasteiger partial charge in [-0.1, -0.05) is 33.1 Å². The van der Waals surface area contributed by atoms with E-state index in [9.17, 15) is 4.79 Å². The highest BCUT2D eigenvalue weighted by atomic mass is 16.4. The molecule has 0 aromatic rings. The van der Waals surface area contributed by atoms with E-state index in [1.807, 2.05) is 6.92 Å². The number of carboxylic acid groups (broad SMARTS) is 1. The second kappa shape index (κ2) is 3.46. The van der Waals surface area contributed by atoms with Crippen LogP contribution in [0, 0.1) is 11.3 Å². The van der Waals surface area contributed by atoms with Gasteiger partial charge in [0, 0.05) is 0 Å². The number of carboxylic acids is 1. The summed E-state index contributed by atoms with van der Waals surface area (Å²) in [6, 6.07) is 0. The molecule has 70 valence electrons. The second-order valence-electron chi connectivity index (χ2n) is 4.27. The zero-order chi connectivity index (χ0) is 9.19. The molecule has 0 bridgehead atoms. The molecule has 0 saturated heterocycles. The zero-order valence-electron chi connectivity index (χ0n) is 7.97. The maximum atomic E-state index is 10.8. The first kappa shape index (κ1) is 9.56. The van der Waals surface area contributed by atoms with E-state index in [0.29, 0.717) is 0 Å². The number of rotatable bonds is 2. The first-order valence-corrected chi connectivity index (χ1v) is 4.79. The lowest BCUT2D eigenvalue weighted by Gasteiger charge is -2.36. The molecule has 0 unspecified atom stereocenters. The maximum absolute atomic E-state index is 10.8. The van der Waals surface area contributed by atoms with Crippen molar-refractivity contribution in [2.45, 2.75) is 46.0 Å². The molecule has 0 aliphatic heterocycles. The molecule has 1 rings (SSSR count). The van der Waals surface area contributed by atoms with Crippen molar-refractivity contribution in [1.82, 2.24) is 0 Å². The third-order valence-corrected chi connectivity index (χ3v) is 3.41. The second-order valence-corrected chi connectivity index (χ2v) is 4.27. The van der Waals surface area contributed by atoms with Gasteiger partial charge in [0.15, 0.2) is 0 Å². The molecule has 1 fully saturated rings. The maximum Gasteiger partial charge on any atom is 0.306 e. The fourth-order valence-electron chi connectivity index (χ4n) is 2.09. The summed E-state index contributed by atoms with van der Waals surface area (Å²) >= 11 is 0. The van der Waals surface area contributed by atoms with E-state index in [1.54, 1.807) is 0 Å². The molecule has 2 nitrogen and oxygen atoms in total. The van der Waals surface area contributed by atoms with Crippen molar-refractivity contribution < 1.29 is 9.90 Å². The van der Waals surface area contributed by atoms with Gasteiger partial charge in [-0.3, -0.25) is 4.79 Å². The van der Waals surface area contributed by atoms with E-state index in [2.05, 4.69) is 6.92 Å². The third-order valence-electron chi connectivity index (χ3n) is 3.41. The molecule has 0 radical (unpaired) electrons. The standard InChI is InChI=1S/C10H18O2/c1-8(9(11)12)10(2)6-4-3-5-7-10/h8H,3-7H2,1-2H3,(H,11,12)/t8-/m0/s1. The highest BCUT2D eigenvalue weighted by molar-refractivity contribution is 5.70. The van der Waals surface area contributed by atoms with Crippen LogP contribution in [-0.2, 0) is 4.79 Å². The molecule has 0 spiro atoms. The number of hydrogen-bond donors (Lipinski definition) is 1. The Kier molecular flexibility index (Phi) is 2.76. The van der Waals surface area contributed by atoms with Crippen molar-refractivity contribution in [3.63, 3.8) is 0 Å². The number of aliphatic carboxylic acids is 1. The summed E-state index contributed by atoms with van der Waals surface area (Å²) in [6.45, 7) is 3.96. The molecule has 1 aliphatic carbocycles. The van der Waals surface area contributed by atoms with Crippen LogP contribution in [0.5, 0.6) is 0 Å². The van der Waals surface area contributed by atoms with Gasteiger partial charge in [0.1, 0.15) is 0 Å². The van der Waals surface area contributed by atoms with Gasteiger partial charge in [0.25, 0.3) is 0 Å². The van der Waals surface area contributed by atoms with E-state index in [4.69, 9.17) is 5.11 Å². The lowest BCUT2D eigenvalue weighted by molar-refractivity contribution is -0.146. The Balaban J connectivity index is 2.62. The van der Waals surface area contributed by atoms with Crippen LogP contribution in [0.4, 0.5) is 0 Å². The third kappa shape index (κ3) is 1.79. The van der Waals surface area contributed by atoms with Gasteiger partial charge >= 0.3 is 5.97 Å². The molecule has 0 heterocycles. The van der Waals surface area contributed by atoms with E-state index >= 15 is 0 Å². The summed E-state index contributed by atoms with van der Waals surface area (Å²) in [5.41, 5.74) is 0.0596. The number of carbonyl (C=O) groups is 1. The first-order valence-electron chi connectivity index (χ1n) is 4.79. The Morgan fingerprint density at radius 3 is 2.25 bits per heavy atom. The summed E-state index contributed by atoms with van der Waals surface area (Å²) in [5, 5.41) is 8.90. The highest BCUT2D eigenvalue weighted by Crippen LogP contribution is 2.41. The lowest BCUT2D eigenvalue weighted by Crippen LogP contribution is -2.33. The quantitative estimate of drug-likeness (QED) is 0.691. The van der Waals surface area contributed by atoms with Crippen molar-refractivity contribution in [3.8, 4) is 0 Å². The molecule has 1 saturated carbocycles. The van der Waals surface area contributed by atoms with Crippen molar-refractivity contribution in [3.05, 3.63) is 0 Å². The zero-order valence-corrected chi connectivity index (χ0v) is 7.97. The fourth-order valence-corrected chi connectivity index (χ4v) is 2.09. The molecule has 0 aromatic carbocycles. The Morgan fingerprint density at radius 2 is 1.83 bits per heavy atom. The Hall–Kier alpha value is -0.530. The van der Waals surface area contributed by atoms with Gasteiger partial charge < -0.3 is 5.11 Å². The van der Waals surface area contributed by atoms with Gasteiger partial charge in [-0.05, 0) is 18.3 Å². The van der Waals surface area contributed by atoms with Crippen LogP contribution in [0.3, 0.4) is 0 Å². The predicted octanol–water partition coefficient (Wildman–Crippen LogP) is 2.68. The van der Waals surface area contributed by atoms with Gasteiger partial charge in [-0.25, -0.2) is 0 Å². The van der Waals surface area contributed by atoms with E-state index in [-0.39, 0.29) is 11.3 Å². The molecular weight excluding hydrogens is 152 g/mol. The molecule has 12 heavy (non-hydrogen) atoms. The van der Waals surface area contributed by atoms with Crippen LogP contribution in [0.1, 0.15) is 46.0 Å². The average Bonchev–Trinajstić information content (AvgIpc) is 2.04. The van der Waals surface area contributed by atoms with Crippen molar-refractivity contribution >= 4 is 5.97 Å². The van der Waals surface area contributed by atoms with Gasteiger partial charge in [-0.15, -0.1) is 0 Å². The van der Waals surface area contributed by atoms with Crippen molar-refractivity contribution in [1.29, 1.82) is 0 Å². The van der Waals surface area contributed by atoms with E-state index in [0.717, 1.165) is 12.8 Å². The molecule has 0 aromatic heterocycles. The summed E-state index contributed by atoms with van der Waals surface area (Å²) in [5.74, 6) is -0.822. The highest BCUT2D eigenvalue weighted by Gasteiger charge is 2.36. The van der Waals surface area contributed by atoms with Gasteiger partial charge in [-0.2, -0.15) is 0 Å². The normalized spacial score (nSPS) is 24.8. The van der Waals surface area contributed by atoms with Gasteiger partial charge in [0.2, 0.25) is 0 Å². The minimum absolute atomic E-state index is 0.0596. The van der Waals surface area contributed by atoms with Crippen LogP contribution in [0.25, 0.3) is 0 Å². The Bertz CT molecular complexity index is 169. The molecule has 1 aliphatic rings. The smallest absolute Gasteiger partial charge is 0.306 e. The molecule has 2 heteroatoms. The van der Waals surface area contributed by atoms with Crippen LogP contribution >= 0.6 is 0 Å². The minimum Gasteiger partial charge on any atom is -0.481 e. The van der Waals surface area contributed by atoms with Crippen LogP contribution in [0.15, 0.2) is 0 Å². The van der Waals surface area contributed by atoms with Crippen molar-refractivity contribution in [2.24, 2.45) is 11.3 Å². The van der Waals surface area contributed by atoms with Crippen LogP contribution < -0.4 is 0 Å². The Labute approximate surface area is 74.0 Å². The summed E-state index contributed by atoms with van der Waals surface area (Å²) in [4.78, 5) is 10.8. The van der Waals surface area contributed by atoms with Crippen molar-refractivity contribution in [2.75, 3.05) is 0 Å². The average molecular weight is 170 g/mol. The SMILES string of the molecule is C[C@@H](C(=O)O)C1(C)CCCCC1. The fraction of sp³-hybridized carbons (Fsp3) is 0.900. The van der Waals surface area contributed by atoms with Gasteiger partial charge in [0.05, 0.1) is 5.92 Å². The summed E-state index contributed by atoms with van der Waals surface area (Å²) in [6.07, 6.45) is 5.85. The Morgan fingerprint density at radius 1 is 1.33 bits per heavy atom. The topological polar surface area (TPSA) is 37.3 Å². The summed E-state index contributed by atoms with van der Waals surface area (Å²) < 4.78 is 0.